The van der Waals surface area contributed by atoms with Gasteiger partial charge in [0, 0.05) is 49.4 Å². The number of benzene rings is 9. The van der Waals surface area contributed by atoms with Crippen molar-refractivity contribution in [2.24, 2.45) is 0 Å². The van der Waals surface area contributed by atoms with Gasteiger partial charge in [-0.2, -0.15) is 0 Å². The first-order valence-corrected chi connectivity index (χ1v) is 34.6. The molecule has 12 aromatic rings. The molecule has 3 heterocycles. The van der Waals surface area contributed by atoms with Crippen LogP contribution in [0.4, 0.5) is 5.69 Å². The van der Waals surface area contributed by atoms with Crippen molar-refractivity contribution in [3.63, 3.8) is 0 Å². The number of hydrogen-bond acceptors (Lipinski definition) is 3. The van der Waals surface area contributed by atoms with Gasteiger partial charge in [0.25, 0.3) is 0 Å². The van der Waals surface area contributed by atoms with E-state index in [9.17, 15) is 0 Å². The average Bonchev–Trinajstić information content (AvgIpc) is 1.53. The molecule has 490 valence electrons. The predicted molar refractivity (Wildman–Crippen MR) is 412 cm³/mol. The summed E-state index contributed by atoms with van der Waals surface area (Å²) < 4.78 is 5.03. The molecule has 0 spiro atoms. The Hall–Kier alpha value is -8.92. The maximum Gasteiger partial charge on any atom is 0.187 e. The van der Waals surface area contributed by atoms with Gasteiger partial charge in [-0.05, 0) is 202 Å². The zero-order chi connectivity index (χ0) is 69.5. The second kappa shape index (κ2) is 23.1. The topological polar surface area (TPSA) is 52.9 Å². The fourth-order valence-corrected chi connectivity index (χ4v) is 13.4. The van der Waals surface area contributed by atoms with E-state index in [-0.39, 0.29) is 43.3 Å². The molecule has 0 fully saturated rings. The molecule has 0 amide bonds. The highest BCUT2D eigenvalue weighted by Gasteiger charge is 2.30. The fraction of sp³-hybridized carbons (Fsp3) is 0.356. The minimum absolute atomic E-state index is 0.0813. The monoisotopic (exact) mass is 1260 g/mol. The zero-order valence-electron chi connectivity index (χ0n) is 61.8. The Balaban J connectivity index is 1.26. The van der Waals surface area contributed by atoms with Crippen LogP contribution in [0.1, 0.15) is 211 Å². The van der Waals surface area contributed by atoms with Crippen LogP contribution in [0.3, 0.4) is 0 Å². The molecule has 6 nitrogen and oxygen atoms in total. The first-order valence-electron chi connectivity index (χ1n) is 34.6. The van der Waals surface area contributed by atoms with Gasteiger partial charge < -0.3 is 9.13 Å². The van der Waals surface area contributed by atoms with Crippen molar-refractivity contribution in [1.82, 2.24) is 24.1 Å². The van der Waals surface area contributed by atoms with Gasteiger partial charge in [-0.3, -0.25) is 0 Å². The molecule has 0 N–H and O–H groups in total. The lowest BCUT2D eigenvalue weighted by molar-refractivity contribution is 0.568. The number of hydrogen-bond donors (Lipinski definition) is 0. The molecule has 6 heteroatoms. The Morgan fingerprint density at radius 1 is 0.250 bits per heavy atom. The van der Waals surface area contributed by atoms with E-state index >= 15 is 0 Å². The van der Waals surface area contributed by atoms with Gasteiger partial charge in [0.05, 0.1) is 40.0 Å². The van der Waals surface area contributed by atoms with Crippen LogP contribution in [0.15, 0.2) is 170 Å². The summed E-state index contributed by atoms with van der Waals surface area (Å²) in [4.78, 5) is 20.9. The fourth-order valence-electron chi connectivity index (χ4n) is 13.4. The summed E-state index contributed by atoms with van der Waals surface area (Å²) in [6.45, 7) is 63.2. The first kappa shape index (κ1) is 67.1. The average molecular weight is 1270 g/mol. The third-order valence-electron chi connectivity index (χ3n) is 19.8. The van der Waals surface area contributed by atoms with Crippen LogP contribution in [0, 0.1) is 6.57 Å². The van der Waals surface area contributed by atoms with Gasteiger partial charge in [-0.15, -0.1) is 0 Å². The van der Waals surface area contributed by atoms with E-state index in [4.69, 9.17) is 21.5 Å². The Labute approximate surface area is 573 Å². The third kappa shape index (κ3) is 12.8. The van der Waals surface area contributed by atoms with Crippen molar-refractivity contribution in [2.45, 2.75) is 209 Å². The van der Waals surface area contributed by atoms with Crippen molar-refractivity contribution in [1.29, 1.82) is 0 Å². The molecule has 0 aliphatic heterocycles. The van der Waals surface area contributed by atoms with Crippen LogP contribution in [0.25, 0.3) is 116 Å². The Morgan fingerprint density at radius 3 is 0.792 bits per heavy atom. The summed E-state index contributed by atoms with van der Waals surface area (Å²) in [5, 5.41) is 4.86. The summed E-state index contributed by atoms with van der Waals surface area (Å²) in [6, 6.07) is 64.4. The maximum atomic E-state index is 7.95. The van der Waals surface area contributed by atoms with Gasteiger partial charge in [-0.25, -0.2) is 19.8 Å². The van der Waals surface area contributed by atoms with Crippen LogP contribution in [-0.2, 0) is 43.3 Å². The highest BCUT2D eigenvalue weighted by atomic mass is 15.0. The molecule has 3 aromatic heterocycles. The highest BCUT2D eigenvalue weighted by molar-refractivity contribution is 6.12. The smallest absolute Gasteiger partial charge is 0.187 e. The van der Waals surface area contributed by atoms with E-state index in [0.29, 0.717) is 23.2 Å². The molecule has 12 rings (SSSR count). The summed E-state index contributed by atoms with van der Waals surface area (Å²) >= 11 is 0. The van der Waals surface area contributed by atoms with Gasteiger partial charge in [0.2, 0.25) is 0 Å². The summed E-state index contributed by atoms with van der Waals surface area (Å²) in [7, 11) is 0. The molecule has 0 saturated carbocycles. The molecule has 0 unspecified atom stereocenters. The number of nitrogens with zero attached hydrogens (tertiary/aromatic N) is 6. The SMILES string of the molecule is [C-]#[N+]c1ccc(-c2ccc(-n3c4ccc(C(C)(C)C)cc4c4cc(C(C)(C)C)ccc43)c(-c3cc(-c4nc(-c5cc(C(C)(C)C)cc(C(C)(C)C)c5)nc(-c5cc(C(C)(C)C)cc(C(C)(C)C)c5)n4)ccc3-n3c4ccc(C(C)(C)C)cc4c4cc(C(C)(C)C)ccc43)c2)cc1. The molecular formula is C90H100N6. The van der Waals surface area contributed by atoms with E-state index in [1.807, 2.05) is 12.1 Å². The predicted octanol–water partition coefficient (Wildman–Crippen LogP) is 25.3. The molecule has 0 atom stereocenters. The lowest BCUT2D eigenvalue weighted by Gasteiger charge is -2.26. The minimum atomic E-state index is -0.150. The van der Waals surface area contributed by atoms with Gasteiger partial charge in [0.1, 0.15) is 0 Å². The van der Waals surface area contributed by atoms with Crippen LogP contribution in [0.2, 0.25) is 0 Å². The van der Waals surface area contributed by atoms with Crippen LogP contribution in [-0.4, -0.2) is 24.1 Å². The third-order valence-corrected chi connectivity index (χ3v) is 19.8. The lowest BCUT2D eigenvalue weighted by Crippen LogP contribution is -2.17. The van der Waals surface area contributed by atoms with Gasteiger partial charge in [-0.1, -0.05) is 233 Å². The van der Waals surface area contributed by atoms with Crippen molar-refractivity contribution in [2.75, 3.05) is 0 Å². The second-order valence-electron chi connectivity index (χ2n) is 35.6. The van der Waals surface area contributed by atoms with Gasteiger partial charge in [0.15, 0.2) is 23.2 Å². The molecule has 96 heavy (non-hydrogen) atoms. The highest BCUT2D eigenvalue weighted by Crippen LogP contribution is 2.47. The Morgan fingerprint density at radius 2 is 0.510 bits per heavy atom. The molecule has 0 radical (unpaired) electrons. The van der Waals surface area contributed by atoms with Crippen LogP contribution in [0.5, 0.6) is 0 Å². The molecule has 0 saturated heterocycles. The van der Waals surface area contributed by atoms with E-state index < -0.39 is 0 Å². The summed E-state index contributed by atoms with van der Waals surface area (Å²) in [5.41, 5.74) is 23.1. The standard InChI is InChI=1S/C90H100N6/c1-83(2,3)59-30-38-76-70(50-59)71-51-60(84(4,5)6)31-39-77(71)95(76)74-36-28-55(54-26-34-67(91-25)35-27-54)46-68(74)69-47-56(29-37-75(69)96-78-40-32-61(85(7,8)9)52-72(78)73-53-62(86(10,11)12)33-41-79(73)96)80-92-81(57-42-63(87(13,14)15)48-64(43-57)88(16,17)18)94-82(93-80)58-44-65(89(19,20)21)49-66(45-58)90(22,23)24/h26-53H,1-24H3. The maximum absolute atomic E-state index is 7.95. The minimum Gasteiger partial charge on any atom is -0.309 e. The molecular weight excluding hydrogens is 1170 g/mol. The van der Waals surface area contributed by atoms with E-state index in [0.717, 1.165) is 72.4 Å². The van der Waals surface area contributed by atoms with Crippen LogP contribution >= 0.6 is 0 Å². The largest absolute Gasteiger partial charge is 0.309 e. The molecule has 0 aliphatic carbocycles. The zero-order valence-corrected chi connectivity index (χ0v) is 61.8. The quantitative estimate of drug-likeness (QED) is 0.149. The molecule has 0 aliphatic rings. The van der Waals surface area contributed by atoms with Crippen molar-refractivity contribution in [3.05, 3.63) is 226 Å². The lowest BCUT2D eigenvalue weighted by atomic mass is 9.79. The first-order chi connectivity index (χ1) is 44.5. The van der Waals surface area contributed by atoms with Crippen molar-refractivity contribution >= 4 is 49.3 Å². The summed E-state index contributed by atoms with van der Waals surface area (Å²) in [5.74, 6) is 1.84. The summed E-state index contributed by atoms with van der Waals surface area (Å²) in [6.07, 6.45) is 0. The Bertz CT molecular complexity index is 4810. The number of fused-ring (bicyclic) bond motifs is 6. The van der Waals surface area contributed by atoms with E-state index in [1.165, 1.54) is 66.1 Å². The second-order valence-corrected chi connectivity index (χ2v) is 35.6. The normalized spacial score (nSPS) is 13.2. The molecule has 0 bridgehead atoms. The van der Waals surface area contributed by atoms with E-state index in [1.54, 1.807) is 0 Å². The van der Waals surface area contributed by atoms with Crippen molar-refractivity contribution in [3.8, 4) is 67.8 Å². The van der Waals surface area contributed by atoms with E-state index in [2.05, 4.69) is 338 Å². The number of rotatable bonds is 7. The van der Waals surface area contributed by atoms with Gasteiger partial charge >= 0.3 is 0 Å². The van der Waals surface area contributed by atoms with Crippen molar-refractivity contribution < 1.29 is 0 Å². The number of aromatic nitrogens is 5. The Kier molecular flexibility index (Phi) is 16.2. The molecule has 9 aromatic carbocycles. The van der Waals surface area contributed by atoms with Crippen LogP contribution < -0.4 is 0 Å².